The molecular formula is C20H15F2N3O3. The van der Waals surface area contributed by atoms with Gasteiger partial charge in [-0.2, -0.15) is 0 Å². The largest absolute Gasteiger partial charge is 0.465 e. The maximum atomic E-state index is 13.7. The third-order valence-electron chi connectivity index (χ3n) is 3.75. The number of rotatable bonds is 5. The molecule has 0 atom stereocenters. The maximum absolute atomic E-state index is 13.7. The lowest BCUT2D eigenvalue weighted by Crippen LogP contribution is -2.13. The van der Waals surface area contributed by atoms with Crippen LogP contribution < -0.4 is 10.6 Å². The van der Waals surface area contributed by atoms with Gasteiger partial charge in [0.15, 0.2) is 0 Å². The molecule has 142 valence electrons. The molecule has 0 bridgehead atoms. The Balaban J connectivity index is 1.77. The van der Waals surface area contributed by atoms with Crippen LogP contribution in [0.15, 0.2) is 60.9 Å². The Morgan fingerprint density at radius 3 is 2.50 bits per heavy atom. The van der Waals surface area contributed by atoms with Gasteiger partial charge in [-0.25, -0.2) is 13.6 Å². The van der Waals surface area contributed by atoms with Crippen LogP contribution in [-0.4, -0.2) is 24.0 Å². The minimum Gasteiger partial charge on any atom is -0.465 e. The molecule has 0 aliphatic carbocycles. The van der Waals surface area contributed by atoms with Gasteiger partial charge in [-0.15, -0.1) is 0 Å². The molecule has 3 rings (SSSR count). The number of esters is 1. The molecule has 1 aromatic heterocycles. The number of methoxy groups -OCH3 is 1. The summed E-state index contributed by atoms with van der Waals surface area (Å²) in [6, 6.07) is 11.0. The summed E-state index contributed by atoms with van der Waals surface area (Å²) in [5, 5.41) is 5.39. The predicted octanol–water partition coefficient (Wildman–Crippen LogP) is 4.14. The van der Waals surface area contributed by atoms with Gasteiger partial charge in [0.1, 0.15) is 11.6 Å². The molecule has 0 aliphatic heterocycles. The average molecular weight is 383 g/mol. The standard InChI is InChI=1S/C20H15F2N3O3/c1-28-20(27)12-3-2-4-15(7-12)24-16-8-13(10-23-11-16)19(26)25-18-6-5-14(21)9-17(18)22/h2-11,24H,1H3,(H,25,26). The zero-order valence-electron chi connectivity index (χ0n) is 14.7. The van der Waals surface area contributed by atoms with Crippen LogP contribution in [0, 0.1) is 11.6 Å². The van der Waals surface area contributed by atoms with Crippen molar-refractivity contribution in [1.29, 1.82) is 0 Å². The van der Waals surface area contributed by atoms with Gasteiger partial charge in [-0.1, -0.05) is 6.07 Å². The number of aromatic nitrogens is 1. The van der Waals surface area contributed by atoms with Gasteiger partial charge >= 0.3 is 5.97 Å². The van der Waals surface area contributed by atoms with Crippen LogP contribution in [0.5, 0.6) is 0 Å². The van der Waals surface area contributed by atoms with E-state index in [1.54, 1.807) is 24.3 Å². The molecular weight excluding hydrogens is 368 g/mol. The normalized spacial score (nSPS) is 10.2. The number of hydrogen-bond acceptors (Lipinski definition) is 5. The Hall–Kier alpha value is -3.81. The Morgan fingerprint density at radius 2 is 1.75 bits per heavy atom. The summed E-state index contributed by atoms with van der Waals surface area (Å²) < 4.78 is 31.4. The zero-order chi connectivity index (χ0) is 20.1. The summed E-state index contributed by atoms with van der Waals surface area (Å²) in [6.07, 6.45) is 2.80. The van der Waals surface area contributed by atoms with Crippen LogP contribution in [0.4, 0.5) is 25.8 Å². The molecule has 0 radical (unpaired) electrons. The molecule has 2 N–H and O–H groups in total. The smallest absolute Gasteiger partial charge is 0.337 e. The molecule has 6 nitrogen and oxygen atoms in total. The molecule has 0 unspecified atom stereocenters. The number of pyridine rings is 1. The molecule has 0 saturated heterocycles. The van der Waals surface area contributed by atoms with Crippen molar-refractivity contribution in [2.75, 3.05) is 17.7 Å². The number of ether oxygens (including phenoxy) is 1. The second-order valence-electron chi connectivity index (χ2n) is 5.74. The highest BCUT2D eigenvalue weighted by Gasteiger charge is 2.12. The highest BCUT2D eigenvalue weighted by molar-refractivity contribution is 6.04. The third-order valence-corrected chi connectivity index (χ3v) is 3.75. The number of anilines is 3. The van der Waals surface area contributed by atoms with Gasteiger partial charge in [0.25, 0.3) is 5.91 Å². The molecule has 0 aliphatic rings. The van der Waals surface area contributed by atoms with Crippen molar-refractivity contribution in [3.8, 4) is 0 Å². The number of nitrogens with zero attached hydrogens (tertiary/aromatic N) is 1. The third kappa shape index (κ3) is 4.47. The Bertz CT molecular complexity index is 1040. The first kappa shape index (κ1) is 19.0. The highest BCUT2D eigenvalue weighted by Crippen LogP contribution is 2.20. The van der Waals surface area contributed by atoms with Gasteiger partial charge in [0.2, 0.25) is 0 Å². The van der Waals surface area contributed by atoms with Crippen LogP contribution in [0.3, 0.4) is 0 Å². The van der Waals surface area contributed by atoms with Gasteiger partial charge < -0.3 is 15.4 Å². The van der Waals surface area contributed by atoms with E-state index in [9.17, 15) is 18.4 Å². The average Bonchev–Trinajstić information content (AvgIpc) is 2.70. The SMILES string of the molecule is COC(=O)c1cccc(Nc2cncc(C(=O)Nc3ccc(F)cc3F)c2)c1. The van der Waals surface area contributed by atoms with Crippen molar-refractivity contribution >= 4 is 28.9 Å². The zero-order valence-corrected chi connectivity index (χ0v) is 14.7. The molecule has 1 heterocycles. The lowest BCUT2D eigenvalue weighted by Gasteiger charge is -2.10. The molecule has 28 heavy (non-hydrogen) atoms. The van der Waals surface area contributed by atoms with Crippen LogP contribution >= 0.6 is 0 Å². The fraction of sp³-hybridized carbons (Fsp3) is 0.0500. The molecule has 2 aromatic carbocycles. The highest BCUT2D eigenvalue weighted by atomic mass is 19.1. The molecule has 0 fully saturated rings. The fourth-order valence-electron chi connectivity index (χ4n) is 2.43. The molecule has 3 aromatic rings. The summed E-state index contributed by atoms with van der Waals surface area (Å²) in [4.78, 5) is 27.9. The lowest BCUT2D eigenvalue weighted by molar-refractivity contribution is 0.0600. The monoisotopic (exact) mass is 383 g/mol. The first-order chi connectivity index (χ1) is 13.5. The van der Waals surface area contributed by atoms with Gasteiger partial charge in [-0.3, -0.25) is 9.78 Å². The van der Waals surface area contributed by atoms with Crippen LogP contribution in [0.2, 0.25) is 0 Å². The van der Waals surface area contributed by atoms with Crippen molar-refractivity contribution in [3.05, 3.63) is 83.7 Å². The summed E-state index contributed by atoms with van der Waals surface area (Å²) in [6.45, 7) is 0. The summed E-state index contributed by atoms with van der Waals surface area (Å²) in [5.74, 6) is -2.70. The second kappa shape index (κ2) is 8.26. The molecule has 8 heteroatoms. The lowest BCUT2D eigenvalue weighted by atomic mass is 10.2. The number of halogens is 2. The van der Waals surface area contributed by atoms with Crippen molar-refractivity contribution in [1.82, 2.24) is 4.98 Å². The Kier molecular flexibility index (Phi) is 5.59. The van der Waals surface area contributed by atoms with E-state index < -0.39 is 23.5 Å². The van der Waals surface area contributed by atoms with Crippen molar-refractivity contribution in [2.24, 2.45) is 0 Å². The molecule has 0 spiro atoms. The number of hydrogen-bond donors (Lipinski definition) is 2. The first-order valence-electron chi connectivity index (χ1n) is 8.13. The second-order valence-corrected chi connectivity index (χ2v) is 5.74. The predicted molar refractivity (Wildman–Crippen MR) is 99.6 cm³/mol. The van der Waals surface area contributed by atoms with E-state index in [4.69, 9.17) is 0 Å². The van der Waals surface area contributed by atoms with E-state index in [0.717, 1.165) is 12.1 Å². The number of nitrogens with one attached hydrogen (secondary N) is 2. The quantitative estimate of drug-likeness (QED) is 0.647. The summed E-state index contributed by atoms with van der Waals surface area (Å²) in [5.41, 5.74) is 1.45. The van der Waals surface area contributed by atoms with E-state index in [1.807, 2.05) is 0 Å². The Morgan fingerprint density at radius 1 is 0.964 bits per heavy atom. The van der Waals surface area contributed by atoms with Crippen LogP contribution in [0.25, 0.3) is 0 Å². The maximum Gasteiger partial charge on any atom is 0.337 e. The van der Waals surface area contributed by atoms with Crippen molar-refractivity contribution in [3.63, 3.8) is 0 Å². The number of benzene rings is 2. The van der Waals surface area contributed by atoms with E-state index >= 15 is 0 Å². The van der Waals surface area contributed by atoms with Crippen molar-refractivity contribution in [2.45, 2.75) is 0 Å². The minimum absolute atomic E-state index is 0.143. The van der Waals surface area contributed by atoms with Gasteiger partial charge in [0.05, 0.1) is 35.8 Å². The van der Waals surface area contributed by atoms with Gasteiger partial charge in [0, 0.05) is 18.0 Å². The molecule has 0 saturated carbocycles. The van der Waals surface area contributed by atoms with E-state index in [0.29, 0.717) is 23.0 Å². The van der Waals surface area contributed by atoms with Crippen molar-refractivity contribution < 1.29 is 23.1 Å². The number of amides is 1. The van der Waals surface area contributed by atoms with E-state index in [-0.39, 0.29) is 11.3 Å². The molecule has 1 amide bonds. The van der Waals surface area contributed by atoms with E-state index in [1.165, 1.54) is 25.6 Å². The summed E-state index contributed by atoms with van der Waals surface area (Å²) >= 11 is 0. The van der Waals surface area contributed by atoms with Gasteiger partial charge in [-0.05, 0) is 36.4 Å². The minimum atomic E-state index is -0.879. The van der Waals surface area contributed by atoms with Crippen LogP contribution in [-0.2, 0) is 4.74 Å². The number of carbonyl (C=O) groups is 2. The fourth-order valence-corrected chi connectivity index (χ4v) is 2.43. The summed E-state index contributed by atoms with van der Waals surface area (Å²) in [7, 11) is 1.29. The topological polar surface area (TPSA) is 80.3 Å². The first-order valence-corrected chi connectivity index (χ1v) is 8.13. The number of carbonyl (C=O) groups excluding carboxylic acids is 2. The Labute approximate surface area is 159 Å². The van der Waals surface area contributed by atoms with E-state index in [2.05, 4.69) is 20.4 Å². The van der Waals surface area contributed by atoms with Crippen LogP contribution in [0.1, 0.15) is 20.7 Å².